The fraction of sp³-hybridized carbons (Fsp3) is 0.500. The number of aromatic carboxylic acids is 1. The van der Waals surface area contributed by atoms with Gasteiger partial charge in [-0.15, -0.1) is 0 Å². The van der Waals surface area contributed by atoms with E-state index in [9.17, 15) is 18.0 Å². The van der Waals surface area contributed by atoms with Crippen LogP contribution in [-0.4, -0.2) is 44.0 Å². The quantitative estimate of drug-likeness (QED) is 0.742. The van der Waals surface area contributed by atoms with Crippen molar-refractivity contribution in [3.05, 3.63) is 35.4 Å². The number of carbonyl (C=O) groups is 2. The second-order valence-electron chi connectivity index (χ2n) is 6.31. The summed E-state index contributed by atoms with van der Waals surface area (Å²) in [7, 11) is -3.05. The second-order valence-corrected chi connectivity index (χ2v) is 8.45. The van der Waals surface area contributed by atoms with E-state index in [-0.39, 0.29) is 29.1 Å². The largest absolute Gasteiger partial charge is 0.478 e. The summed E-state index contributed by atoms with van der Waals surface area (Å²) in [6.45, 7) is 0.361. The van der Waals surface area contributed by atoms with Gasteiger partial charge in [0.2, 0.25) is 5.91 Å². The number of hydrogen-bond donors (Lipinski definition) is 2. The minimum Gasteiger partial charge on any atom is -0.478 e. The molecule has 1 aromatic carbocycles. The van der Waals surface area contributed by atoms with E-state index in [1.54, 1.807) is 18.2 Å². The van der Waals surface area contributed by atoms with E-state index >= 15 is 0 Å². The Bertz CT molecular complexity index is 707. The Morgan fingerprint density at radius 2 is 1.91 bits per heavy atom. The van der Waals surface area contributed by atoms with Crippen LogP contribution < -0.4 is 5.32 Å². The highest BCUT2D eigenvalue weighted by Gasteiger charge is 2.45. The van der Waals surface area contributed by atoms with Gasteiger partial charge in [0.1, 0.15) is 9.84 Å². The topological polar surface area (TPSA) is 101 Å². The first-order chi connectivity index (χ1) is 10.7. The lowest BCUT2D eigenvalue weighted by atomic mass is 10.0. The molecule has 1 aliphatic carbocycles. The van der Waals surface area contributed by atoms with Gasteiger partial charge in [0.15, 0.2) is 0 Å². The maximum Gasteiger partial charge on any atom is 0.335 e. The van der Waals surface area contributed by atoms with Crippen LogP contribution in [0.5, 0.6) is 0 Å². The Kier molecular flexibility index (Phi) is 5.09. The zero-order valence-electron chi connectivity index (χ0n) is 13.0. The number of carbonyl (C=O) groups excluding carboxylic acids is 1. The SMILES string of the molecule is CS(=O)(=O)CC1(CNC(=O)CCc2ccccc2C(=O)O)CC1. The minimum atomic E-state index is -3.05. The molecule has 1 fully saturated rings. The van der Waals surface area contributed by atoms with Crippen molar-refractivity contribution in [3.8, 4) is 0 Å². The number of amides is 1. The first-order valence-corrected chi connectivity index (χ1v) is 9.52. The van der Waals surface area contributed by atoms with Crippen LogP contribution in [0.25, 0.3) is 0 Å². The molecule has 0 saturated heterocycles. The van der Waals surface area contributed by atoms with Crippen molar-refractivity contribution >= 4 is 21.7 Å². The van der Waals surface area contributed by atoms with Crippen molar-refractivity contribution in [3.63, 3.8) is 0 Å². The van der Waals surface area contributed by atoms with E-state index in [1.165, 1.54) is 12.3 Å². The van der Waals surface area contributed by atoms with Crippen LogP contribution >= 0.6 is 0 Å². The van der Waals surface area contributed by atoms with Crippen molar-refractivity contribution in [2.45, 2.75) is 25.7 Å². The molecule has 0 spiro atoms. The van der Waals surface area contributed by atoms with Crippen molar-refractivity contribution in [1.29, 1.82) is 0 Å². The van der Waals surface area contributed by atoms with Gasteiger partial charge in [-0.1, -0.05) is 18.2 Å². The van der Waals surface area contributed by atoms with Crippen LogP contribution in [-0.2, 0) is 21.1 Å². The number of carboxylic acid groups (broad SMARTS) is 1. The predicted molar refractivity (Wildman–Crippen MR) is 86.1 cm³/mol. The number of sulfone groups is 1. The Hall–Kier alpha value is -1.89. The number of aryl methyl sites for hydroxylation is 1. The van der Waals surface area contributed by atoms with Gasteiger partial charge in [0.05, 0.1) is 11.3 Å². The fourth-order valence-electron chi connectivity index (χ4n) is 2.67. The highest BCUT2D eigenvalue weighted by atomic mass is 32.2. The standard InChI is InChI=1S/C16H21NO5S/c1-23(21,22)11-16(8-9-16)10-17-14(18)7-6-12-4-2-3-5-13(12)15(19)20/h2-5H,6-11H2,1H3,(H,17,18)(H,19,20). The molecule has 1 saturated carbocycles. The van der Waals surface area contributed by atoms with Crippen molar-refractivity contribution in [2.75, 3.05) is 18.6 Å². The van der Waals surface area contributed by atoms with Crippen LogP contribution in [0.1, 0.15) is 35.2 Å². The number of benzene rings is 1. The maximum absolute atomic E-state index is 11.9. The Balaban J connectivity index is 1.84. The summed E-state index contributed by atoms with van der Waals surface area (Å²) in [5.74, 6) is -1.10. The smallest absolute Gasteiger partial charge is 0.335 e. The average molecular weight is 339 g/mol. The van der Waals surface area contributed by atoms with Gasteiger partial charge >= 0.3 is 5.97 Å². The van der Waals surface area contributed by atoms with Crippen molar-refractivity contribution < 1.29 is 23.1 Å². The van der Waals surface area contributed by atoms with E-state index in [1.807, 2.05) is 0 Å². The normalized spacial score (nSPS) is 15.9. The molecule has 1 amide bonds. The lowest BCUT2D eigenvalue weighted by molar-refractivity contribution is -0.121. The Labute approximate surface area is 135 Å². The molecule has 0 atom stereocenters. The summed E-state index contributed by atoms with van der Waals surface area (Å²) in [5, 5.41) is 11.9. The molecule has 0 aliphatic heterocycles. The first-order valence-electron chi connectivity index (χ1n) is 7.46. The molecule has 0 heterocycles. The molecular formula is C16H21NO5S. The van der Waals surface area contributed by atoms with Crippen LogP contribution in [0.3, 0.4) is 0 Å². The lowest BCUT2D eigenvalue weighted by Gasteiger charge is -2.15. The molecular weight excluding hydrogens is 318 g/mol. The summed E-state index contributed by atoms with van der Waals surface area (Å²) in [4.78, 5) is 23.0. The lowest BCUT2D eigenvalue weighted by Crippen LogP contribution is -2.33. The molecule has 0 radical (unpaired) electrons. The minimum absolute atomic E-state index is 0.0993. The highest BCUT2D eigenvalue weighted by Crippen LogP contribution is 2.46. The molecule has 1 aromatic rings. The van der Waals surface area contributed by atoms with Crippen LogP contribution in [0.2, 0.25) is 0 Å². The molecule has 0 unspecified atom stereocenters. The number of nitrogens with one attached hydrogen (secondary N) is 1. The predicted octanol–water partition coefficient (Wildman–Crippen LogP) is 1.26. The third-order valence-electron chi connectivity index (χ3n) is 4.06. The van der Waals surface area contributed by atoms with Gasteiger partial charge in [0, 0.05) is 24.6 Å². The fourth-order valence-corrected chi connectivity index (χ4v) is 4.18. The third-order valence-corrected chi connectivity index (χ3v) is 5.19. The average Bonchev–Trinajstić information content (AvgIpc) is 3.21. The van der Waals surface area contributed by atoms with Crippen LogP contribution in [0, 0.1) is 5.41 Å². The Morgan fingerprint density at radius 1 is 1.26 bits per heavy atom. The zero-order chi connectivity index (χ0) is 17.1. The summed E-state index contributed by atoms with van der Waals surface area (Å²) in [6.07, 6.45) is 3.34. The van der Waals surface area contributed by atoms with Crippen molar-refractivity contribution in [2.24, 2.45) is 5.41 Å². The van der Waals surface area contributed by atoms with Gasteiger partial charge in [-0.3, -0.25) is 4.79 Å². The van der Waals surface area contributed by atoms with E-state index in [0.717, 1.165) is 12.8 Å². The molecule has 6 nitrogen and oxygen atoms in total. The van der Waals surface area contributed by atoms with E-state index in [2.05, 4.69) is 5.32 Å². The van der Waals surface area contributed by atoms with Gasteiger partial charge in [-0.05, 0) is 30.9 Å². The monoisotopic (exact) mass is 339 g/mol. The number of carboxylic acids is 1. The first kappa shape index (κ1) is 17.5. The van der Waals surface area contributed by atoms with Gasteiger partial charge < -0.3 is 10.4 Å². The van der Waals surface area contributed by atoms with Gasteiger partial charge in [0.25, 0.3) is 0 Å². The van der Waals surface area contributed by atoms with E-state index < -0.39 is 15.8 Å². The van der Waals surface area contributed by atoms with Gasteiger partial charge in [-0.25, -0.2) is 13.2 Å². The van der Waals surface area contributed by atoms with Crippen molar-refractivity contribution in [1.82, 2.24) is 5.32 Å². The second kappa shape index (κ2) is 6.70. The number of hydrogen-bond acceptors (Lipinski definition) is 4. The molecule has 0 aromatic heterocycles. The highest BCUT2D eigenvalue weighted by molar-refractivity contribution is 7.90. The summed E-state index contributed by atoms with van der Waals surface area (Å²) >= 11 is 0. The third kappa shape index (κ3) is 5.35. The van der Waals surface area contributed by atoms with Crippen LogP contribution in [0.4, 0.5) is 0 Å². The maximum atomic E-state index is 11.9. The Morgan fingerprint density at radius 3 is 2.48 bits per heavy atom. The molecule has 23 heavy (non-hydrogen) atoms. The summed E-state index contributed by atoms with van der Waals surface area (Å²) in [5.41, 5.74) is 0.519. The molecule has 7 heteroatoms. The van der Waals surface area contributed by atoms with E-state index in [4.69, 9.17) is 5.11 Å². The molecule has 2 rings (SSSR count). The summed E-state index contributed by atoms with van der Waals surface area (Å²) in [6, 6.07) is 6.60. The van der Waals surface area contributed by atoms with Crippen LogP contribution in [0.15, 0.2) is 24.3 Å². The number of rotatable bonds is 8. The summed E-state index contributed by atoms with van der Waals surface area (Å²) < 4.78 is 22.8. The molecule has 0 bridgehead atoms. The van der Waals surface area contributed by atoms with Gasteiger partial charge in [-0.2, -0.15) is 0 Å². The zero-order valence-corrected chi connectivity index (χ0v) is 13.9. The molecule has 1 aliphatic rings. The molecule has 2 N–H and O–H groups in total. The van der Waals surface area contributed by atoms with E-state index in [0.29, 0.717) is 18.5 Å². The molecule has 126 valence electrons.